The molecule has 0 aliphatic carbocycles. The van der Waals surface area contributed by atoms with Gasteiger partial charge in [-0.25, -0.2) is 0 Å². The molecule has 0 aliphatic rings. The van der Waals surface area contributed by atoms with Crippen molar-refractivity contribution in [2.45, 2.75) is 39.0 Å². The van der Waals surface area contributed by atoms with Crippen LogP contribution in [0.4, 0.5) is 0 Å². The first kappa shape index (κ1) is 18.4. The number of nitrogens with one attached hydrogen (secondary N) is 1. The zero-order chi connectivity index (χ0) is 18.6. The molecule has 4 nitrogen and oxygen atoms in total. The normalized spacial score (nSPS) is 12.9. The van der Waals surface area contributed by atoms with Gasteiger partial charge >= 0.3 is 0 Å². The molecule has 3 rings (SSSR count). The van der Waals surface area contributed by atoms with Crippen molar-refractivity contribution in [1.29, 1.82) is 0 Å². The predicted octanol–water partition coefficient (Wildman–Crippen LogP) is 3.97. The van der Waals surface area contributed by atoms with Crippen molar-refractivity contribution >= 4 is 0 Å². The van der Waals surface area contributed by atoms with Crippen molar-refractivity contribution in [3.8, 4) is 22.5 Å². The van der Waals surface area contributed by atoms with E-state index in [4.69, 9.17) is 5.10 Å². The minimum Gasteiger partial charge on any atom is -0.390 e. The molecule has 0 aliphatic heterocycles. The lowest BCUT2D eigenvalue weighted by Gasteiger charge is -2.23. The molecule has 136 valence electrons. The minimum atomic E-state index is -0.514. The molecule has 1 aromatic heterocycles. The van der Waals surface area contributed by atoms with Gasteiger partial charge in [0.25, 0.3) is 0 Å². The molecule has 26 heavy (non-hydrogen) atoms. The van der Waals surface area contributed by atoms with Crippen LogP contribution in [0, 0.1) is 0 Å². The SMILES string of the molecule is CC(C)(C)NCC(O)Cn1nc(-c2ccccc2)cc1-c1ccccc1. The van der Waals surface area contributed by atoms with Crippen LogP contribution in [0.1, 0.15) is 20.8 Å². The van der Waals surface area contributed by atoms with Crippen molar-refractivity contribution in [2.24, 2.45) is 0 Å². The molecule has 0 amide bonds. The first-order valence-corrected chi connectivity index (χ1v) is 9.04. The molecule has 0 spiro atoms. The van der Waals surface area contributed by atoms with Gasteiger partial charge in [-0.3, -0.25) is 4.68 Å². The fourth-order valence-corrected chi connectivity index (χ4v) is 2.84. The lowest BCUT2D eigenvalue weighted by Crippen LogP contribution is -2.42. The predicted molar refractivity (Wildman–Crippen MR) is 107 cm³/mol. The van der Waals surface area contributed by atoms with E-state index in [1.54, 1.807) is 0 Å². The average Bonchev–Trinajstić information content (AvgIpc) is 3.05. The third kappa shape index (κ3) is 4.81. The Balaban J connectivity index is 1.88. The molecule has 1 unspecified atom stereocenters. The summed E-state index contributed by atoms with van der Waals surface area (Å²) < 4.78 is 1.91. The quantitative estimate of drug-likeness (QED) is 0.708. The van der Waals surface area contributed by atoms with E-state index in [9.17, 15) is 5.11 Å². The molecule has 0 saturated heterocycles. The lowest BCUT2D eigenvalue weighted by molar-refractivity contribution is 0.138. The maximum absolute atomic E-state index is 10.5. The van der Waals surface area contributed by atoms with Crippen LogP contribution in [0.25, 0.3) is 22.5 Å². The zero-order valence-electron chi connectivity index (χ0n) is 15.7. The van der Waals surface area contributed by atoms with E-state index in [-0.39, 0.29) is 5.54 Å². The third-order valence-electron chi connectivity index (χ3n) is 4.17. The molecule has 2 N–H and O–H groups in total. The van der Waals surface area contributed by atoms with E-state index in [0.29, 0.717) is 13.1 Å². The molecule has 3 aromatic rings. The fourth-order valence-electron chi connectivity index (χ4n) is 2.84. The minimum absolute atomic E-state index is 0.0252. The van der Waals surface area contributed by atoms with Crippen LogP contribution < -0.4 is 5.32 Å². The van der Waals surface area contributed by atoms with E-state index in [0.717, 1.165) is 22.5 Å². The first-order chi connectivity index (χ1) is 12.4. The van der Waals surface area contributed by atoms with Crippen LogP contribution in [0.15, 0.2) is 66.7 Å². The summed E-state index contributed by atoms with van der Waals surface area (Å²) in [5.74, 6) is 0. The first-order valence-electron chi connectivity index (χ1n) is 9.04. The molecule has 0 fully saturated rings. The second-order valence-electron chi connectivity index (χ2n) is 7.61. The van der Waals surface area contributed by atoms with Gasteiger partial charge in [-0.15, -0.1) is 0 Å². The molecule has 1 heterocycles. The topological polar surface area (TPSA) is 50.1 Å². The fraction of sp³-hybridized carbons (Fsp3) is 0.318. The van der Waals surface area contributed by atoms with Gasteiger partial charge in [0.05, 0.1) is 24.0 Å². The highest BCUT2D eigenvalue weighted by Gasteiger charge is 2.16. The van der Waals surface area contributed by atoms with Crippen LogP contribution >= 0.6 is 0 Å². The maximum Gasteiger partial charge on any atom is 0.0929 e. The Morgan fingerprint density at radius 1 is 0.962 bits per heavy atom. The van der Waals surface area contributed by atoms with Crippen LogP contribution in [-0.2, 0) is 6.54 Å². The standard InChI is InChI=1S/C22H27N3O/c1-22(2,3)23-15-19(26)16-25-21(18-12-8-5-9-13-18)14-20(24-25)17-10-6-4-7-11-17/h4-14,19,23,26H,15-16H2,1-3H3. The van der Waals surface area contributed by atoms with Crippen molar-refractivity contribution in [3.05, 3.63) is 66.7 Å². The van der Waals surface area contributed by atoms with Gasteiger partial charge in [-0.05, 0) is 32.4 Å². The smallest absolute Gasteiger partial charge is 0.0929 e. The third-order valence-corrected chi connectivity index (χ3v) is 4.17. The number of aromatic nitrogens is 2. The average molecular weight is 349 g/mol. The molecule has 0 radical (unpaired) electrons. The summed E-state index contributed by atoms with van der Waals surface area (Å²) in [4.78, 5) is 0. The Kier molecular flexibility index (Phi) is 5.55. The van der Waals surface area contributed by atoms with Crippen LogP contribution in [0.5, 0.6) is 0 Å². The highest BCUT2D eigenvalue weighted by atomic mass is 16.3. The largest absolute Gasteiger partial charge is 0.390 e. The van der Waals surface area contributed by atoms with Gasteiger partial charge in [0.15, 0.2) is 0 Å². The Morgan fingerprint density at radius 2 is 1.54 bits per heavy atom. The van der Waals surface area contributed by atoms with E-state index in [2.05, 4.69) is 56.4 Å². The maximum atomic E-state index is 10.5. The second kappa shape index (κ2) is 7.85. The second-order valence-corrected chi connectivity index (χ2v) is 7.61. The monoisotopic (exact) mass is 349 g/mol. The lowest BCUT2D eigenvalue weighted by atomic mass is 10.1. The van der Waals surface area contributed by atoms with Crippen LogP contribution in [-0.4, -0.2) is 33.1 Å². The number of hydrogen-bond acceptors (Lipinski definition) is 3. The molecule has 1 atom stereocenters. The van der Waals surface area contributed by atoms with Gasteiger partial charge in [0.2, 0.25) is 0 Å². The van der Waals surface area contributed by atoms with Crippen LogP contribution in [0.2, 0.25) is 0 Å². The van der Waals surface area contributed by atoms with Crippen molar-refractivity contribution in [3.63, 3.8) is 0 Å². The molecule has 0 saturated carbocycles. The Morgan fingerprint density at radius 3 is 2.12 bits per heavy atom. The summed E-state index contributed by atoms with van der Waals surface area (Å²) in [6.07, 6.45) is -0.514. The molecule has 0 bridgehead atoms. The summed E-state index contributed by atoms with van der Waals surface area (Å²) in [5.41, 5.74) is 4.08. The van der Waals surface area contributed by atoms with Gasteiger partial charge < -0.3 is 10.4 Å². The molecule has 2 aromatic carbocycles. The van der Waals surface area contributed by atoms with E-state index >= 15 is 0 Å². The number of β-amino-alcohol motifs (C(OH)–C–C–N with tert-alkyl or cyclic N) is 1. The summed E-state index contributed by atoms with van der Waals surface area (Å²) in [5, 5.41) is 18.6. The highest BCUT2D eigenvalue weighted by molar-refractivity contribution is 5.68. The molecular formula is C22H27N3O. The van der Waals surface area contributed by atoms with E-state index in [1.165, 1.54) is 0 Å². The number of aliphatic hydroxyl groups is 1. The van der Waals surface area contributed by atoms with Gasteiger partial charge in [-0.2, -0.15) is 5.10 Å². The number of aliphatic hydroxyl groups excluding tert-OH is 1. The van der Waals surface area contributed by atoms with E-state index < -0.39 is 6.10 Å². The molecule has 4 heteroatoms. The van der Waals surface area contributed by atoms with Crippen molar-refractivity contribution < 1.29 is 5.11 Å². The van der Waals surface area contributed by atoms with Crippen molar-refractivity contribution in [1.82, 2.24) is 15.1 Å². The number of benzene rings is 2. The van der Waals surface area contributed by atoms with Gasteiger partial charge in [0, 0.05) is 17.6 Å². The Labute approximate surface area is 155 Å². The zero-order valence-corrected chi connectivity index (χ0v) is 15.7. The number of nitrogens with zero attached hydrogens (tertiary/aromatic N) is 2. The van der Waals surface area contributed by atoms with Gasteiger partial charge in [-0.1, -0.05) is 60.7 Å². The van der Waals surface area contributed by atoms with E-state index in [1.807, 2.05) is 41.1 Å². The Bertz CT molecular complexity index is 820. The van der Waals surface area contributed by atoms with Gasteiger partial charge in [0.1, 0.15) is 0 Å². The number of rotatable bonds is 6. The van der Waals surface area contributed by atoms with Crippen molar-refractivity contribution in [2.75, 3.05) is 6.54 Å². The number of hydrogen-bond donors (Lipinski definition) is 2. The Hall–Kier alpha value is -2.43. The summed E-state index contributed by atoms with van der Waals surface area (Å²) in [6, 6.07) is 22.4. The summed E-state index contributed by atoms with van der Waals surface area (Å²) in [7, 11) is 0. The summed E-state index contributed by atoms with van der Waals surface area (Å²) in [6.45, 7) is 7.25. The molecular weight excluding hydrogens is 322 g/mol. The summed E-state index contributed by atoms with van der Waals surface area (Å²) >= 11 is 0. The van der Waals surface area contributed by atoms with Crippen LogP contribution in [0.3, 0.4) is 0 Å². The highest BCUT2D eigenvalue weighted by Crippen LogP contribution is 2.26.